The van der Waals surface area contributed by atoms with Crippen molar-refractivity contribution in [2.75, 3.05) is 0 Å². The second-order valence-corrected chi connectivity index (χ2v) is 2.02. The first-order valence-electron chi connectivity index (χ1n) is 1.17. The lowest BCUT2D eigenvalue weighted by molar-refractivity contribution is 0.292. The van der Waals surface area contributed by atoms with Gasteiger partial charge in [-0.2, -0.15) is 0 Å². The Labute approximate surface area is 52.7 Å². The Morgan fingerprint density at radius 2 is 1.71 bits per heavy atom. The van der Waals surface area contributed by atoms with Crippen molar-refractivity contribution in [1.29, 1.82) is 0 Å². The summed E-state index contributed by atoms with van der Waals surface area (Å²) in [5, 5.41) is 0. The molecule has 0 atom stereocenters. The summed E-state index contributed by atoms with van der Waals surface area (Å²) in [6.45, 7) is 0. The Morgan fingerprint density at radius 1 is 1.57 bits per heavy atom. The highest BCUT2D eigenvalue weighted by Crippen LogP contribution is 2.33. The fourth-order valence-corrected chi connectivity index (χ4v) is 0. The Kier molecular flexibility index (Phi) is 5.59. The molecule has 7 heavy (non-hydrogen) atoms. The number of hydrogen-bond donors (Lipinski definition) is 2. The van der Waals surface area contributed by atoms with Crippen molar-refractivity contribution in [2.24, 2.45) is 0 Å². The van der Waals surface area contributed by atoms with Crippen molar-refractivity contribution in [1.82, 2.24) is 0 Å². The molecule has 0 heterocycles. The molecule has 0 fully saturated rings. The van der Waals surface area contributed by atoms with Gasteiger partial charge in [0.2, 0.25) is 0 Å². The van der Waals surface area contributed by atoms with E-state index in [2.05, 4.69) is 4.44 Å². The molecule has 0 radical (unpaired) electrons. The minimum atomic E-state index is -4.15. The van der Waals surface area contributed by atoms with Gasteiger partial charge < -0.3 is 14.2 Å². The second-order valence-electron chi connectivity index (χ2n) is 0.673. The van der Waals surface area contributed by atoms with Gasteiger partial charge >= 0.3 is 7.82 Å². The fourth-order valence-electron chi connectivity index (χ4n) is 0. The molecule has 0 amide bonds. The molecule has 0 saturated heterocycles. The molecule has 0 unspecified atom stereocenters. The van der Waals surface area contributed by atoms with Crippen LogP contribution in [0.3, 0.4) is 0 Å². The molecular weight excluding hydrogens is 133 g/mol. The summed E-state index contributed by atoms with van der Waals surface area (Å²) >= 11 is 0. The summed E-state index contributed by atoms with van der Waals surface area (Å²) in [7, 11) is -3.20. The van der Waals surface area contributed by atoms with Crippen LogP contribution in [0.1, 0.15) is 0 Å². The van der Waals surface area contributed by atoms with E-state index in [1.54, 1.807) is 0 Å². The van der Waals surface area contributed by atoms with Crippen molar-refractivity contribution < 1.29 is 18.8 Å². The molecule has 0 aromatic rings. The Morgan fingerprint density at radius 3 is 1.71 bits per heavy atom. The molecule has 4 nitrogen and oxygen atoms in total. The third-order valence-corrected chi connectivity index (χ3v) is 0.714. The third-order valence-electron chi connectivity index (χ3n) is 0.238. The van der Waals surface area contributed by atoms with Crippen LogP contribution in [-0.4, -0.2) is 35.2 Å². The van der Waals surface area contributed by atoms with Crippen LogP contribution in [0.4, 0.5) is 0 Å². The van der Waals surface area contributed by atoms with Gasteiger partial charge in [0.25, 0.3) is 8.05 Å². The van der Waals surface area contributed by atoms with Gasteiger partial charge in [-0.1, -0.05) is 0 Å². The maximum absolute atomic E-state index is 9.47. The molecule has 0 bridgehead atoms. The standard InChI is InChI=1S/Al.BH4O4P.3H/c;1-5-6(2,3)4;;;/h;1H2,(H2,2,3,4);;;. The van der Waals surface area contributed by atoms with E-state index in [1.165, 1.54) is 0 Å². The lowest BCUT2D eigenvalue weighted by Gasteiger charge is -1.94. The fraction of sp³-hybridized carbons (Fsp3) is 0. The van der Waals surface area contributed by atoms with Gasteiger partial charge in [-0.25, -0.2) is 4.57 Å². The smallest absolute Gasteiger partial charge is 0.358 e. The largest absolute Gasteiger partial charge is 0.454 e. The highest BCUT2D eigenvalue weighted by molar-refractivity contribution is 7.47. The van der Waals surface area contributed by atoms with E-state index in [-0.39, 0.29) is 17.4 Å². The van der Waals surface area contributed by atoms with E-state index in [0.29, 0.717) is 0 Å². The molecule has 0 aliphatic carbocycles. The van der Waals surface area contributed by atoms with Crippen molar-refractivity contribution in [2.45, 2.75) is 0 Å². The van der Waals surface area contributed by atoms with Gasteiger partial charge in [-0.3, -0.25) is 0 Å². The average Bonchev–Trinajstić information content (AvgIpc) is 1.35. The summed E-state index contributed by atoms with van der Waals surface area (Å²) in [6.07, 6.45) is 0. The molecule has 0 saturated carbocycles. The lowest BCUT2D eigenvalue weighted by Crippen LogP contribution is -1.78. The van der Waals surface area contributed by atoms with Crippen molar-refractivity contribution >= 4 is 33.2 Å². The van der Waals surface area contributed by atoms with E-state index in [0.717, 1.165) is 8.05 Å². The molecule has 0 spiro atoms. The van der Waals surface area contributed by atoms with Gasteiger partial charge in [-0.05, 0) is 0 Å². The monoisotopic (exact) mass is 140 g/mol. The molecule has 42 valence electrons. The van der Waals surface area contributed by atoms with Crippen molar-refractivity contribution in [3.63, 3.8) is 0 Å². The molecule has 0 aliphatic rings. The number of hydrogen-bond acceptors (Lipinski definition) is 2. The van der Waals surface area contributed by atoms with E-state index >= 15 is 0 Å². The quantitative estimate of drug-likeness (QED) is 0.311. The van der Waals surface area contributed by atoms with Crippen LogP contribution in [0.25, 0.3) is 0 Å². The zero-order valence-electron chi connectivity index (χ0n) is 3.16. The highest BCUT2D eigenvalue weighted by Gasteiger charge is 2.06. The summed E-state index contributed by atoms with van der Waals surface area (Å²) in [4.78, 5) is 15.4. The molecule has 0 aliphatic heterocycles. The highest BCUT2D eigenvalue weighted by atomic mass is 31.2. The van der Waals surface area contributed by atoms with Gasteiger partial charge in [0.15, 0.2) is 17.4 Å². The Hall–Kier alpha value is 0.707. The van der Waals surface area contributed by atoms with Gasteiger partial charge in [0, 0.05) is 0 Å². The predicted molar refractivity (Wildman–Crippen MR) is 31.6 cm³/mol. The summed E-state index contributed by atoms with van der Waals surface area (Å²) in [6, 6.07) is 0. The molecular formula is H7AlBO4P. The molecule has 0 aromatic heterocycles. The predicted octanol–water partition coefficient (Wildman–Crippen LogP) is -2.54. The van der Waals surface area contributed by atoms with E-state index in [1.807, 2.05) is 0 Å². The molecule has 2 N–H and O–H groups in total. The first kappa shape index (κ1) is 10.6. The van der Waals surface area contributed by atoms with Crippen LogP contribution in [-0.2, 0) is 9.01 Å². The minimum absolute atomic E-state index is 0. The van der Waals surface area contributed by atoms with Crippen LogP contribution < -0.4 is 0 Å². The zero-order chi connectivity index (χ0) is 5.21. The number of phosphoric acid groups is 1. The summed E-state index contributed by atoms with van der Waals surface area (Å²) in [5.41, 5.74) is 0. The van der Waals surface area contributed by atoms with E-state index < -0.39 is 7.82 Å². The minimum Gasteiger partial charge on any atom is -0.358 e. The van der Waals surface area contributed by atoms with Crippen LogP contribution in [0.2, 0.25) is 0 Å². The molecule has 0 aromatic carbocycles. The normalized spacial score (nSPS) is 10.0. The summed E-state index contributed by atoms with van der Waals surface area (Å²) < 4.78 is 13.1. The molecule has 7 heteroatoms. The topological polar surface area (TPSA) is 66.8 Å². The second kappa shape index (κ2) is 3.68. The van der Waals surface area contributed by atoms with Crippen LogP contribution in [0.15, 0.2) is 0 Å². The first-order chi connectivity index (χ1) is 2.56. The van der Waals surface area contributed by atoms with E-state index in [9.17, 15) is 4.57 Å². The van der Waals surface area contributed by atoms with Crippen LogP contribution in [0.5, 0.6) is 0 Å². The molecule has 0 rings (SSSR count). The zero-order valence-corrected chi connectivity index (χ0v) is 4.05. The van der Waals surface area contributed by atoms with E-state index in [4.69, 9.17) is 9.79 Å². The maximum Gasteiger partial charge on any atom is 0.454 e. The van der Waals surface area contributed by atoms with Gasteiger partial charge in [0.1, 0.15) is 0 Å². The van der Waals surface area contributed by atoms with Crippen molar-refractivity contribution in [3.05, 3.63) is 0 Å². The van der Waals surface area contributed by atoms with Crippen molar-refractivity contribution in [3.8, 4) is 0 Å². The number of rotatable bonds is 1. The Bertz CT molecular complexity index is 75.8. The van der Waals surface area contributed by atoms with Crippen LogP contribution >= 0.6 is 7.82 Å². The van der Waals surface area contributed by atoms with Crippen LogP contribution in [0, 0.1) is 0 Å². The first-order valence-corrected chi connectivity index (χ1v) is 2.70. The summed E-state index contributed by atoms with van der Waals surface area (Å²) in [5.74, 6) is 0. The lowest BCUT2D eigenvalue weighted by atomic mass is 10.6. The third kappa shape index (κ3) is 10.8. The maximum atomic E-state index is 9.47. The Balaban J connectivity index is 0. The van der Waals surface area contributed by atoms with Gasteiger partial charge in [-0.15, -0.1) is 0 Å². The average molecular weight is 140 g/mol. The SMILES string of the molecule is BOP(=O)(O)O.[AlH3]. The van der Waals surface area contributed by atoms with Gasteiger partial charge in [0.05, 0.1) is 0 Å².